The normalized spacial score (nSPS) is 14.0. The summed E-state index contributed by atoms with van der Waals surface area (Å²) in [5.41, 5.74) is 1.19. The molecule has 0 unspecified atom stereocenters. The van der Waals surface area contributed by atoms with Crippen LogP contribution in [0.5, 0.6) is 5.75 Å². The SMILES string of the molecule is CCOc1ccccc1NC(=O)c1ccnc(C(=O)N2CCOCC2)c1. The Kier molecular flexibility index (Phi) is 5.80. The van der Waals surface area contributed by atoms with Crippen LogP contribution in [0.1, 0.15) is 27.8 Å². The van der Waals surface area contributed by atoms with E-state index >= 15 is 0 Å². The summed E-state index contributed by atoms with van der Waals surface area (Å²) in [7, 11) is 0. The molecule has 7 heteroatoms. The van der Waals surface area contributed by atoms with Crippen molar-refractivity contribution in [3.8, 4) is 5.75 Å². The van der Waals surface area contributed by atoms with Crippen LogP contribution < -0.4 is 10.1 Å². The van der Waals surface area contributed by atoms with Crippen molar-refractivity contribution in [2.45, 2.75) is 6.92 Å². The van der Waals surface area contributed by atoms with Crippen LogP contribution in [0.15, 0.2) is 42.6 Å². The maximum Gasteiger partial charge on any atom is 0.272 e. The third-order valence-electron chi connectivity index (χ3n) is 3.97. The fourth-order valence-electron chi connectivity index (χ4n) is 2.66. The first-order valence-corrected chi connectivity index (χ1v) is 8.55. The van der Waals surface area contributed by atoms with Gasteiger partial charge in [0.25, 0.3) is 11.8 Å². The van der Waals surface area contributed by atoms with Gasteiger partial charge in [-0.05, 0) is 31.2 Å². The van der Waals surface area contributed by atoms with Crippen molar-refractivity contribution in [3.63, 3.8) is 0 Å². The summed E-state index contributed by atoms with van der Waals surface area (Å²) in [6, 6.07) is 10.3. The molecule has 0 bridgehead atoms. The molecule has 2 amide bonds. The van der Waals surface area contributed by atoms with Crippen molar-refractivity contribution in [3.05, 3.63) is 53.9 Å². The van der Waals surface area contributed by atoms with Gasteiger partial charge in [-0.25, -0.2) is 0 Å². The third-order valence-corrected chi connectivity index (χ3v) is 3.97. The van der Waals surface area contributed by atoms with Gasteiger partial charge in [-0.1, -0.05) is 12.1 Å². The molecule has 1 aliphatic rings. The number of hydrogen-bond donors (Lipinski definition) is 1. The molecular formula is C19H21N3O4. The maximum atomic E-state index is 12.6. The van der Waals surface area contributed by atoms with Crippen molar-refractivity contribution < 1.29 is 19.1 Å². The zero-order valence-corrected chi connectivity index (χ0v) is 14.6. The molecule has 3 rings (SSSR count). The molecule has 0 atom stereocenters. The highest BCUT2D eigenvalue weighted by Crippen LogP contribution is 2.24. The fraction of sp³-hybridized carbons (Fsp3) is 0.316. The minimum atomic E-state index is -0.324. The molecule has 0 spiro atoms. The standard InChI is InChI=1S/C19H21N3O4/c1-2-26-17-6-4-3-5-15(17)21-18(23)14-7-8-20-16(13-14)19(24)22-9-11-25-12-10-22/h3-8,13H,2,9-12H2,1H3,(H,21,23). The van der Waals surface area contributed by atoms with Gasteiger partial charge in [-0.2, -0.15) is 0 Å². The quantitative estimate of drug-likeness (QED) is 0.889. The highest BCUT2D eigenvalue weighted by atomic mass is 16.5. The Morgan fingerprint density at radius 2 is 2.00 bits per heavy atom. The molecule has 1 aromatic carbocycles. The molecule has 2 aromatic rings. The van der Waals surface area contributed by atoms with E-state index in [2.05, 4.69) is 10.3 Å². The number of ether oxygens (including phenoxy) is 2. The monoisotopic (exact) mass is 355 g/mol. The molecule has 1 aliphatic heterocycles. The van der Waals surface area contributed by atoms with Crippen LogP contribution in [0.4, 0.5) is 5.69 Å². The van der Waals surface area contributed by atoms with E-state index < -0.39 is 0 Å². The minimum Gasteiger partial charge on any atom is -0.492 e. The lowest BCUT2D eigenvalue weighted by Gasteiger charge is -2.26. The van der Waals surface area contributed by atoms with Crippen LogP contribution in [-0.2, 0) is 4.74 Å². The number of amides is 2. The van der Waals surface area contributed by atoms with Crippen LogP contribution in [0.2, 0.25) is 0 Å². The number of para-hydroxylation sites is 2. The van der Waals surface area contributed by atoms with Gasteiger partial charge in [-0.3, -0.25) is 14.6 Å². The van der Waals surface area contributed by atoms with Gasteiger partial charge in [-0.15, -0.1) is 0 Å². The molecule has 1 saturated heterocycles. The summed E-state index contributed by atoms with van der Waals surface area (Å²) in [6.07, 6.45) is 1.47. The molecule has 1 N–H and O–H groups in total. The van der Waals surface area contributed by atoms with E-state index in [9.17, 15) is 9.59 Å². The van der Waals surface area contributed by atoms with Crippen molar-refractivity contribution in [1.29, 1.82) is 0 Å². The zero-order chi connectivity index (χ0) is 18.4. The average molecular weight is 355 g/mol. The first-order valence-electron chi connectivity index (χ1n) is 8.55. The smallest absolute Gasteiger partial charge is 0.272 e. The lowest BCUT2D eigenvalue weighted by Crippen LogP contribution is -2.41. The van der Waals surface area contributed by atoms with E-state index in [0.29, 0.717) is 49.9 Å². The third kappa shape index (κ3) is 4.18. The molecule has 26 heavy (non-hydrogen) atoms. The second-order valence-corrected chi connectivity index (χ2v) is 5.72. The van der Waals surface area contributed by atoms with Gasteiger partial charge in [0.2, 0.25) is 0 Å². The van der Waals surface area contributed by atoms with Crippen LogP contribution in [0, 0.1) is 0 Å². The minimum absolute atomic E-state index is 0.197. The molecule has 0 aliphatic carbocycles. The van der Waals surface area contributed by atoms with Crippen LogP contribution in [0.25, 0.3) is 0 Å². The number of anilines is 1. The predicted molar refractivity (Wildman–Crippen MR) is 96.5 cm³/mol. The Morgan fingerprint density at radius 1 is 1.23 bits per heavy atom. The summed E-state index contributed by atoms with van der Waals surface area (Å²) in [5, 5.41) is 2.82. The summed E-state index contributed by atoms with van der Waals surface area (Å²) >= 11 is 0. The highest BCUT2D eigenvalue weighted by Gasteiger charge is 2.21. The number of hydrogen-bond acceptors (Lipinski definition) is 5. The maximum absolute atomic E-state index is 12.6. The Labute approximate surface area is 151 Å². The van der Waals surface area contributed by atoms with Gasteiger partial charge in [0.15, 0.2) is 0 Å². The Bertz CT molecular complexity index is 788. The lowest BCUT2D eigenvalue weighted by molar-refractivity contribution is 0.0299. The molecule has 1 aromatic heterocycles. The van der Waals surface area contributed by atoms with E-state index in [4.69, 9.17) is 9.47 Å². The largest absolute Gasteiger partial charge is 0.492 e. The van der Waals surface area contributed by atoms with Crippen LogP contribution in [0.3, 0.4) is 0 Å². The topological polar surface area (TPSA) is 80.8 Å². The summed E-state index contributed by atoms with van der Waals surface area (Å²) in [6.45, 7) is 4.46. The number of pyridine rings is 1. The number of rotatable bonds is 5. The summed E-state index contributed by atoms with van der Waals surface area (Å²) in [4.78, 5) is 30.9. The van der Waals surface area contributed by atoms with Gasteiger partial charge in [0, 0.05) is 24.8 Å². The molecule has 1 fully saturated rings. The number of morpholine rings is 1. The second-order valence-electron chi connectivity index (χ2n) is 5.72. The summed E-state index contributed by atoms with van der Waals surface area (Å²) < 4.78 is 10.8. The number of benzene rings is 1. The van der Waals surface area contributed by atoms with Gasteiger partial charge in [0.05, 0.1) is 25.5 Å². The molecule has 0 radical (unpaired) electrons. The number of nitrogens with zero attached hydrogens (tertiary/aromatic N) is 2. The number of aromatic nitrogens is 1. The van der Waals surface area contributed by atoms with E-state index in [1.807, 2.05) is 19.1 Å². The van der Waals surface area contributed by atoms with Gasteiger partial charge < -0.3 is 19.7 Å². The van der Waals surface area contributed by atoms with Crippen molar-refractivity contribution in [2.75, 3.05) is 38.2 Å². The van der Waals surface area contributed by atoms with E-state index in [0.717, 1.165) is 0 Å². The van der Waals surface area contributed by atoms with Gasteiger partial charge >= 0.3 is 0 Å². The molecule has 2 heterocycles. The molecule has 0 saturated carbocycles. The Balaban J connectivity index is 1.75. The first kappa shape index (κ1) is 17.9. The fourth-order valence-corrected chi connectivity index (χ4v) is 2.66. The number of nitrogens with one attached hydrogen (secondary N) is 1. The van der Waals surface area contributed by atoms with Crippen molar-refractivity contribution in [2.24, 2.45) is 0 Å². The average Bonchev–Trinajstić information content (AvgIpc) is 2.70. The molecule has 7 nitrogen and oxygen atoms in total. The predicted octanol–water partition coefficient (Wildman–Crippen LogP) is 2.21. The van der Waals surface area contributed by atoms with E-state index in [1.54, 1.807) is 23.1 Å². The lowest BCUT2D eigenvalue weighted by atomic mass is 10.2. The van der Waals surface area contributed by atoms with Gasteiger partial charge in [0.1, 0.15) is 11.4 Å². The zero-order valence-electron chi connectivity index (χ0n) is 14.6. The van der Waals surface area contributed by atoms with E-state index in [-0.39, 0.29) is 17.5 Å². The highest BCUT2D eigenvalue weighted by molar-refractivity contribution is 6.06. The van der Waals surface area contributed by atoms with Crippen LogP contribution >= 0.6 is 0 Å². The summed E-state index contributed by atoms with van der Waals surface area (Å²) in [5.74, 6) is 0.0790. The van der Waals surface area contributed by atoms with E-state index in [1.165, 1.54) is 12.3 Å². The van der Waals surface area contributed by atoms with Crippen LogP contribution in [-0.4, -0.2) is 54.6 Å². The van der Waals surface area contributed by atoms with Crippen molar-refractivity contribution in [1.82, 2.24) is 9.88 Å². The van der Waals surface area contributed by atoms with Crippen molar-refractivity contribution >= 4 is 17.5 Å². The first-order chi connectivity index (χ1) is 12.7. The number of carbonyl (C=O) groups is 2. The second kappa shape index (κ2) is 8.44. The molecular weight excluding hydrogens is 334 g/mol. The number of carbonyl (C=O) groups excluding carboxylic acids is 2. The molecule has 136 valence electrons. The Morgan fingerprint density at radius 3 is 2.77 bits per heavy atom. The Hall–Kier alpha value is -2.93.